The maximum atomic E-state index is 5.96. The van der Waals surface area contributed by atoms with Crippen LogP contribution in [0.2, 0.25) is 0 Å². The van der Waals surface area contributed by atoms with Gasteiger partial charge in [-0.05, 0) is 38.4 Å². The number of rotatable bonds is 3. The molecule has 0 radical (unpaired) electrons. The minimum Gasteiger partial charge on any atom is -0.374 e. The summed E-state index contributed by atoms with van der Waals surface area (Å²) >= 11 is 0. The van der Waals surface area contributed by atoms with Crippen LogP contribution in [0.3, 0.4) is 0 Å². The molecule has 0 aromatic carbocycles. The van der Waals surface area contributed by atoms with Gasteiger partial charge in [0.25, 0.3) is 0 Å². The first-order chi connectivity index (χ1) is 8.86. The van der Waals surface area contributed by atoms with E-state index < -0.39 is 0 Å². The molecule has 3 rings (SSSR count). The number of morpholine rings is 1. The Morgan fingerprint density at radius 3 is 3.11 bits per heavy atom. The van der Waals surface area contributed by atoms with E-state index in [1.807, 2.05) is 0 Å². The Morgan fingerprint density at radius 1 is 1.28 bits per heavy atom. The summed E-state index contributed by atoms with van der Waals surface area (Å²) < 4.78 is 5.96. The molecule has 0 aromatic rings. The lowest BCUT2D eigenvalue weighted by Crippen LogP contribution is -2.52. The molecule has 3 aliphatic rings. The Hall–Kier alpha value is -0.160. The Morgan fingerprint density at radius 2 is 2.22 bits per heavy atom. The molecule has 3 heterocycles. The largest absolute Gasteiger partial charge is 0.374 e. The van der Waals surface area contributed by atoms with Crippen LogP contribution in [0.4, 0.5) is 0 Å². The molecule has 104 valence electrons. The molecular weight excluding hydrogens is 226 g/mol. The molecule has 1 N–H and O–H groups in total. The zero-order chi connectivity index (χ0) is 12.4. The first-order valence-electron chi connectivity index (χ1n) is 7.65. The van der Waals surface area contributed by atoms with Gasteiger partial charge in [0, 0.05) is 32.2 Å². The van der Waals surface area contributed by atoms with Gasteiger partial charge < -0.3 is 10.1 Å². The standard InChI is InChI=1S/C14H27N3O/c1-2-16-6-7-18-13(10-16)11-17-5-3-4-12-8-15-9-14(12)17/h12-15H,2-11H2,1H3. The number of hydrogen-bond acceptors (Lipinski definition) is 4. The van der Waals surface area contributed by atoms with Gasteiger partial charge in [0.2, 0.25) is 0 Å². The summed E-state index contributed by atoms with van der Waals surface area (Å²) in [5.74, 6) is 0.893. The average molecular weight is 253 g/mol. The van der Waals surface area contributed by atoms with Crippen LogP contribution in [0.5, 0.6) is 0 Å². The molecule has 18 heavy (non-hydrogen) atoms. The lowest BCUT2D eigenvalue weighted by Gasteiger charge is -2.41. The number of fused-ring (bicyclic) bond motifs is 1. The molecule has 3 fully saturated rings. The third-order valence-corrected chi connectivity index (χ3v) is 4.90. The van der Waals surface area contributed by atoms with Crippen molar-refractivity contribution >= 4 is 0 Å². The van der Waals surface area contributed by atoms with E-state index in [9.17, 15) is 0 Å². The minimum atomic E-state index is 0.429. The number of ether oxygens (including phenoxy) is 1. The predicted molar refractivity (Wildman–Crippen MR) is 72.8 cm³/mol. The van der Waals surface area contributed by atoms with Crippen molar-refractivity contribution in [1.82, 2.24) is 15.1 Å². The highest BCUT2D eigenvalue weighted by Crippen LogP contribution is 2.26. The van der Waals surface area contributed by atoms with Crippen molar-refractivity contribution in [2.75, 3.05) is 52.4 Å². The number of piperidine rings is 1. The number of likely N-dealkylation sites (N-methyl/N-ethyl adjacent to an activating group) is 1. The fourth-order valence-electron chi connectivity index (χ4n) is 3.83. The van der Waals surface area contributed by atoms with Gasteiger partial charge in [-0.3, -0.25) is 9.80 Å². The average Bonchev–Trinajstić information content (AvgIpc) is 2.88. The quantitative estimate of drug-likeness (QED) is 0.787. The second kappa shape index (κ2) is 5.87. The van der Waals surface area contributed by atoms with Crippen molar-refractivity contribution in [3.8, 4) is 0 Å². The van der Waals surface area contributed by atoms with Gasteiger partial charge in [-0.15, -0.1) is 0 Å². The number of nitrogens with zero attached hydrogens (tertiary/aromatic N) is 2. The third kappa shape index (κ3) is 2.72. The van der Waals surface area contributed by atoms with Crippen molar-refractivity contribution in [2.24, 2.45) is 5.92 Å². The Balaban J connectivity index is 1.54. The normalized spacial score (nSPS) is 38.8. The van der Waals surface area contributed by atoms with E-state index in [-0.39, 0.29) is 0 Å². The third-order valence-electron chi connectivity index (χ3n) is 4.90. The maximum absolute atomic E-state index is 5.96. The second-order valence-electron chi connectivity index (χ2n) is 6.01. The van der Waals surface area contributed by atoms with E-state index in [0.29, 0.717) is 6.10 Å². The summed E-state index contributed by atoms with van der Waals surface area (Å²) in [7, 11) is 0. The molecule has 3 atom stereocenters. The summed E-state index contributed by atoms with van der Waals surface area (Å²) in [6, 6.07) is 0.777. The highest BCUT2D eigenvalue weighted by molar-refractivity contribution is 4.93. The first-order valence-corrected chi connectivity index (χ1v) is 7.65. The van der Waals surface area contributed by atoms with Crippen LogP contribution < -0.4 is 5.32 Å². The fraction of sp³-hybridized carbons (Fsp3) is 1.00. The Kier molecular flexibility index (Phi) is 4.19. The number of likely N-dealkylation sites (tertiary alicyclic amines) is 1. The topological polar surface area (TPSA) is 27.7 Å². The van der Waals surface area contributed by atoms with Crippen molar-refractivity contribution in [2.45, 2.75) is 31.9 Å². The number of nitrogens with one attached hydrogen (secondary N) is 1. The van der Waals surface area contributed by atoms with Crippen molar-refractivity contribution < 1.29 is 4.74 Å². The SMILES string of the molecule is CCN1CCOC(CN2CCCC3CNCC32)C1. The monoisotopic (exact) mass is 253 g/mol. The van der Waals surface area contributed by atoms with Gasteiger partial charge >= 0.3 is 0 Å². The van der Waals surface area contributed by atoms with Crippen LogP contribution >= 0.6 is 0 Å². The van der Waals surface area contributed by atoms with Gasteiger partial charge in [0.05, 0.1) is 12.7 Å². The Labute approximate surface area is 111 Å². The zero-order valence-electron chi connectivity index (χ0n) is 11.6. The summed E-state index contributed by atoms with van der Waals surface area (Å²) in [6.45, 7) is 11.4. The molecule has 0 saturated carbocycles. The molecule has 3 aliphatic heterocycles. The molecule has 0 aliphatic carbocycles. The molecular formula is C14H27N3O. The molecule has 0 aromatic heterocycles. The minimum absolute atomic E-state index is 0.429. The van der Waals surface area contributed by atoms with E-state index >= 15 is 0 Å². The summed E-state index contributed by atoms with van der Waals surface area (Å²) in [5, 5.41) is 3.56. The predicted octanol–water partition coefficient (Wildman–Crippen LogP) is 0.391. The van der Waals surface area contributed by atoms with Crippen LogP contribution in [-0.4, -0.2) is 74.4 Å². The van der Waals surface area contributed by atoms with E-state index in [0.717, 1.165) is 44.7 Å². The van der Waals surface area contributed by atoms with E-state index in [1.165, 1.54) is 32.5 Å². The van der Waals surface area contributed by atoms with Gasteiger partial charge in [0.1, 0.15) is 0 Å². The summed E-state index contributed by atoms with van der Waals surface area (Å²) in [4.78, 5) is 5.21. The maximum Gasteiger partial charge on any atom is 0.0829 e. The number of hydrogen-bond donors (Lipinski definition) is 1. The van der Waals surface area contributed by atoms with Gasteiger partial charge in [0.15, 0.2) is 0 Å². The van der Waals surface area contributed by atoms with Crippen LogP contribution in [0.25, 0.3) is 0 Å². The van der Waals surface area contributed by atoms with Gasteiger partial charge in [-0.25, -0.2) is 0 Å². The molecule has 0 bridgehead atoms. The van der Waals surface area contributed by atoms with Crippen LogP contribution in [-0.2, 0) is 4.74 Å². The van der Waals surface area contributed by atoms with Gasteiger partial charge in [-0.2, -0.15) is 0 Å². The lowest BCUT2D eigenvalue weighted by molar-refractivity contribution is -0.0524. The van der Waals surface area contributed by atoms with Crippen molar-refractivity contribution in [3.05, 3.63) is 0 Å². The highest BCUT2D eigenvalue weighted by Gasteiger charge is 2.36. The van der Waals surface area contributed by atoms with Crippen LogP contribution in [0.1, 0.15) is 19.8 Å². The molecule has 0 spiro atoms. The van der Waals surface area contributed by atoms with E-state index in [4.69, 9.17) is 4.74 Å². The molecule has 3 unspecified atom stereocenters. The summed E-state index contributed by atoms with van der Waals surface area (Å²) in [5.41, 5.74) is 0. The van der Waals surface area contributed by atoms with Crippen molar-refractivity contribution in [1.29, 1.82) is 0 Å². The van der Waals surface area contributed by atoms with Crippen LogP contribution in [0, 0.1) is 5.92 Å². The van der Waals surface area contributed by atoms with Gasteiger partial charge in [-0.1, -0.05) is 6.92 Å². The van der Waals surface area contributed by atoms with Crippen molar-refractivity contribution in [3.63, 3.8) is 0 Å². The Bertz CT molecular complexity index is 274. The molecule has 4 nitrogen and oxygen atoms in total. The van der Waals surface area contributed by atoms with E-state index in [2.05, 4.69) is 22.0 Å². The molecule has 3 saturated heterocycles. The smallest absolute Gasteiger partial charge is 0.0829 e. The van der Waals surface area contributed by atoms with E-state index in [1.54, 1.807) is 0 Å². The molecule has 4 heteroatoms. The zero-order valence-corrected chi connectivity index (χ0v) is 11.6. The summed E-state index contributed by atoms with van der Waals surface area (Å²) in [6.07, 6.45) is 3.21. The fourth-order valence-corrected chi connectivity index (χ4v) is 3.83. The lowest BCUT2D eigenvalue weighted by atomic mass is 9.92. The second-order valence-corrected chi connectivity index (χ2v) is 6.01. The van der Waals surface area contributed by atoms with Crippen LogP contribution in [0.15, 0.2) is 0 Å². The first kappa shape index (κ1) is 12.9. The molecule has 0 amide bonds. The highest BCUT2D eigenvalue weighted by atomic mass is 16.5.